The zero-order valence-electron chi connectivity index (χ0n) is 11.3. The van der Waals surface area contributed by atoms with E-state index in [1.54, 1.807) is 0 Å². The van der Waals surface area contributed by atoms with Crippen LogP contribution in [0.25, 0.3) is 0 Å². The monoisotopic (exact) mass is 273 g/mol. The molecule has 0 aromatic heterocycles. The van der Waals surface area contributed by atoms with Crippen LogP contribution in [0.5, 0.6) is 0 Å². The summed E-state index contributed by atoms with van der Waals surface area (Å²) in [6, 6.07) is 19.2. The Morgan fingerprint density at radius 1 is 0.789 bits per heavy atom. The van der Waals surface area contributed by atoms with Crippen molar-refractivity contribution >= 4 is 11.6 Å². The van der Waals surface area contributed by atoms with Crippen LogP contribution >= 0.6 is 11.6 Å². The van der Waals surface area contributed by atoms with Crippen molar-refractivity contribution in [2.75, 3.05) is 6.54 Å². The minimum Gasteiger partial charge on any atom is -0.295 e. The second-order valence-electron chi connectivity index (χ2n) is 4.74. The molecule has 0 saturated heterocycles. The Hall–Kier alpha value is -1.31. The van der Waals surface area contributed by atoms with Gasteiger partial charge in [0.1, 0.15) is 0 Å². The van der Waals surface area contributed by atoms with Crippen molar-refractivity contribution < 1.29 is 0 Å². The molecule has 0 bridgehead atoms. The minimum atomic E-state index is 0.585. The summed E-state index contributed by atoms with van der Waals surface area (Å²) in [7, 11) is 0. The first-order valence-electron chi connectivity index (χ1n) is 6.72. The SMILES string of the molecule is CCN(Cc1ccccc1)Cc1ccc(CCl)cc1. The molecule has 0 aliphatic rings. The predicted molar refractivity (Wildman–Crippen MR) is 82.2 cm³/mol. The molecule has 1 nitrogen and oxygen atoms in total. The van der Waals surface area contributed by atoms with Crippen molar-refractivity contribution in [2.24, 2.45) is 0 Å². The van der Waals surface area contributed by atoms with Crippen molar-refractivity contribution in [1.29, 1.82) is 0 Å². The van der Waals surface area contributed by atoms with E-state index in [0.29, 0.717) is 5.88 Å². The van der Waals surface area contributed by atoms with Gasteiger partial charge in [-0.25, -0.2) is 0 Å². The highest BCUT2D eigenvalue weighted by molar-refractivity contribution is 6.17. The number of hydrogen-bond donors (Lipinski definition) is 0. The number of halogens is 1. The Balaban J connectivity index is 1.98. The van der Waals surface area contributed by atoms with Crippen molar-refractivity contribution in [3.05, 3.63) is 71.3 Å². The van der Waals surface area contributed by atoms with Crippen molar-refractivity contribution in [3.8, 4) is 0 Å². The van der Waals surface area contributed by atoms with Gasteiger partial charge in [-0.15, -0.1) is 11.6 Å². The first-order chi connectivity index (χ1) is 9.31. The Labute approximate surface area is 120 Å². The second-order valence-corrected chi connectivity index (χ2v) is 5.01. The average molecular weight is 274 g/mol. The van der Waals surface area contributed by atoms with Crippen LogP contribution in [0, 0.1) is 0 Å². The molecule has 0 spiro atoms. The highest BCUT2D eigenvalue weighted by atomic mass is 35.5. The summed E-state index contributed by atoms with van der Waals surface area (Å²) >= 11 is 5.81. The molecular weight excluding hydrogens is 254 g/mol. The molecule has 2 aromatic carbocycles. The number of hydrogen-bond acceptors (Lipinski definition) is 1. The van der Waals surface area contributed by atoms with Gasteiger partial charge in [0.25, 0.3) is 0 Å². The Bertz CT molecular complexity index is 478. The number of alkyl halides is 1. The van der Waals surface area contributed by atoms with Gasteiger partial charge in [-0.3, -0.25) is 4.90 Å². The Kier molecular flexibility index (Phi) is 5.44. The maximum Gasteiger partial charge on any atom is 0.0474 e. The predicted octanol–water partition coefficient (Wildman–Crippen LogP) is 4.45. The van der Waals surface area contributed by atoms with Gasteiger partial charge in [-0.05, 0) is 23.2 Å². The molecule has 0 radical (unpaired) electrons. The van der Waals surface area contributed by atoms with Gasteiger partial charge in [-0.2, -0.15) is 0 Å². The highest BCUT2D eigenvalue weighted by Gasteiger charge is 2.04. The summed E-state index contributed by atoms with van der Waals surface area (Å²) in [5.74, 6) is 0.585. The lowest BCUT2D eigenvalue weighted by Crippen LogP contribution is -2.22. The molecule has 100 valence electrons. The fourth-order valence-electron chi connectivity index (χ4n) is 2.11. The summed E-state index contributed by atoms with van der Waals surface area (Å²) < 4.78 is 0. The fraction of sp³-hybridized carbons (Fsp3) is 0.294. The molecular formula is C17H20ClN. The zero-order valence-corrected chi connectivity index (χ0v) is 12.1. The maximum atomic E-state index is 5.81. The lowest BCUT2D eigenvalue weighted by Gasteiger charge is -2.20. The minimum absolute atomic E-state index is 0.585. The molecule has 0 fully saturated rings. The molecule has 2 aromatic rings. The molecule has 0 heterocycles. The molecule has 0 saturated carbocycles. The highest BCUT2D eigenvalue weighted by Crippen LogP contribution is 2.12. The smallest absolute Gasteiger partial charge is 0.0474 e. The average Bonchev–Trinajstić information content (AvgIpc) is 2.48. The van der Waals surface area contributed by atoms with Gasteiger partial charge in [0.05, 0.1) is 0 Å². The molecule has 2 rings (SSSR count). The van der Waals surface area contributed by atoms with Crippen LogP contribution < -0.4 is 0 Å². The summed E-state index contributed by atoms with van der Waals surface area (Å²) in [5.41, 5.74) is 3.88. The largest absolute Gasteiger partial charge is 0.295 e. The van der Waals surface area contributed by atoms with Gasteiger partial charge in [0, 0.05) is 19.0 Å². The first kappa shape index (κ1) is 14.1. The topological polar surface area (TPSA) is 3.24 Å². The van der Waals surface area contributed by atoms with Crippen LogP contribution in [0.2, 0.25) is 0 Å². The van der Waals surface area contributed by atoms with Gasteiger partial charge in [0.15, 0.2) is 0 Å². The van der Waals surface area contributed by atoms with Crippen LogP contribution in [-0.2, 0) is 19.0 Å². The van der Waals surface area contributed by atoms with Crippen molar-refractivity contribution in [3.63, 3.8) is 0 Å². The third kappa shape index (κ3) is 4.38. The Morgan fingerprint density at radius 3 is 1.84 bits per heavy atom. The van der Waals surface area contributed by atoms with E-state index in [4.69, 9.17) is 11.6 Å². The summed E-state index contributed by atoms with van der Waals surface area (Å²) in [5, 5.41) is 0. The van der Waals surface area contributed by atoms with E-state index >= 15 is 0 Å². The fourth-order valence-corrected chi connectivity index (χ4v) is 2.29. The van der Waals surface area contributed by atoms with Gasteiger partial charge in [-0.1, -0.05) is 61.5 Å². The molecule has 2 heteroatoms. The van der Waals surface area contributed by atoms with E-state index in [1.165, 1.54) is 16.7 Å². The number of nitrogens with zero attached hydrogens (tertiary/aromatic N) is 1. The Morgan fingerprint density at radius 2 is 1.32 bits per heavy atom. The normalized spacial score (nSPS) is 10.9. The molecule has 19 heavy (non-hydrogen) atoms. The lowest BCUT2D eigenvalue weighted by atomic mass is 10.1. The van der Waals surface area contributed by atoms with Crippen LogP contribution in [0.1, 0.15) is 23.6 Å². The van der Waals surface area contributed by atoms with E-state index in [1.807, 2.05) is 0 Å². The van der Waals surface area contributed by atoms with E-state index in [-0.39, 0.29) is 0 Å². The lowest BCUT2D eigenvalue weighted by molar-refractivity contribution is 0.271. The second kappa shape index (κ2) is 7.32. The molecule has 0 atom stereocenters. The van der Waals surface area contributed by atoms with E-state index in [0.717, 1.165) is 19.6 Å². The van der Waals surface area contributed by atoms with Crippen molar-refractivity contribution in [2.45, 2.75) is 25.9 Å². The molecule has 0 N–H and O–H groups in total. The molecule has 0 unspecified atom stereocenters. The quantitative estimate of drug-likeness (QED) is 0.703. The number of rotatable bonds is 6. The van der Waals surface area contributed by atoms with Crippen LogP contribution in [0.15, 0.2) is 54.6 Å². The van der Waals surface area contributed by atoms with Crippen LogP contribution in [0.4, 0.5) is 0 Å². The summed E-state index contributed by atoms with van der Waals surface area (Å²) in [6.07, 6.45) is 0. The van der Waals surface area contributed by atoms with E-state index < -0.39 is 0 Å². The van der Waals surface area contributed by atoms with Crippen molar-refractivity contribution in [1.82, 2.24) is 4.90 Å². The molecule has 0 aliphatic carbocycles. The van der Waals surface area contributed by atoms with Crippen LogP contribution in [-0.4, -0.2) is 11.4 Å². The summed E-state index contributed by atoms with van der Waals surface area (Å²) in [4.78, 5) is 2.44. The molecule has 0 aliphatic heterocycles. The summed E-state index contributed by atoms with van der Waals surface area (Å²) in [6.45, 7) is 5.23. The zero-order chi connectivity index (χ0) is 13.5. The van der Waals surface area contributed by atoms with Gasteiger partial charge < -0.3 is 0 Å². The number of benzene rings is 2. The third-order valence-corrected chi connectivity index (χ3v) is 3.59. The maximum absolute atomic E-state index is 5.81. The molecule has 0 amide bonds. The third-order valence-electron chi connectivity index (χ3n) is 3.28. The first-order valence-corrected chi connectivity index (χ1v) is 7.25. The van der Waals surface area contributed by atoms with Gasteiger partial charge >= 0.3 is 0 Å². The van der Waals surface area contributed by atoms with Crippen LogP contribution in [0.3, 0.4) is 0 Å². The standard InChI is InChI=1S/C17H20ClN/c1-2-19(13-16-6-4-3-5-7-16)14-17-10-8-15(12-18)9-11-17/h3-11H,2,12-14H2,1H3. The van der Waals surface area contributed by atoms with Gasteiger partial charge in [0.2, 0.25) is 0 Å². The van der Waals surface area contributed by atoms with E-state index in [9.17, 15) is 0 Å². The van der Waals surface area contributed by atoms with E-state index in [2.05, 4.69) is 66.4 Å².